The van der Waals surface area contributed by atoms with E-state index in [0.29, 0.717) is 28.5 Å². The van der Waals surface area contributed by atoms with E-state index in [1.165, 1.54) is 29.3 Å². The van der Waals surface area contributed by atoms with Gasteiger partial charge in [-0.1, -0.05) is 36.4 Å². The van der Waals surface area contributed by atoms with Gasteiger partial charge in [0.25, 0.3) is 11.6 Å². The molecule has 0 fully saturated rings. The number of ketones is 1. The number of nitro benzene ring substituents is 1. The number of hydrazone groups is 1. The zero-order valence-corrected chi connectivity index (χ0v) is 20.1. The number of carbonyl (C=O) groups is 2. The van der Waals surface area contributed by atoms with E-state index in [0.717, 1.165) is 5.69 Å². The van der Waals surface area contributed by atoms with Gasteiger partial charge in [-0.05, 0) is 43.3 Å². The molecule has 0 unspecified atom stereocenters. The number of ether oxygens (including phenoxy) is 1. The number of nitrogens with zero attached hydrogens (tertiary/aromatic N) is 5. The largest absolute Gasteiger partial charge is 0.471 e. The molecule has 0 aliphatic carbocycles. The number of aryl methyl sites for hydroxylation is 1. The molecule has 0 N–H and O–H groups in total. The number of Topliss-reactive ketones (excluding diaryl/α,β-unsaturated/α-hetero) is 1. The maximum atomic E-state index is 14.1. The average Bonchev–Trinajstić information content (AvgIpc) is 3.38. The maximum Gasteiger partial charge on any atom is 0.281 e. The predicted octanol–water partition coefficient (Wildman–Crippen LogP) is 4.52. The minimum absolute atomic E-state index is 0.0631. The van der Waals surface area contributed by atoms with Crippen molar-refractivity contribution in [2.24, 2.45) is 5.10 Å². The van der Waals surface area contributed by atoms with Gasteiger partial charge in [-0.3, -0.25) is 19.7 Å². The number of carbonyl (C=O) groups excluding carboxylic acids is 2. The molecule has 3 heterocycles. The third-order valence-corrected chi connectivity index (χ3v) is 6.35. The predicted molar refractivity (Wildman–Crippen MR) is 140 cm³/mol. The molecule has 186 valence electrons. The molecule has 0 saturated heterocycles. The zero-order valence-electron chi connectivity index (χ0n) is 20.1. The van der Waals surface area contributed by atoms with Crippen molar-refractivity contribution < 1.29 is 19.2 Å². The van der Waals surface area contributed by atoms with Crippen LogP contribution in [0.25, 0.3) is 11.3 Å². The molecule has 0 saturated carbocycles. The second kappa shape index (κ2) is 8.93. The highest BCUT2D eigenvalue weighted by Crippen LogP contribution is 2.40. The van der Waals surface area contributed by atoms with Crippen molar-refractivity contribution >= 4 is 34.3 Å². The third kappa shape index (κ3) is 3.66. The van der Waals surface area contributed by atoms with Gasteiger partial charge in [0.2, 0.25) is 5.88 Å². The molecule has 2 aliphatic rings. The molecule has 1 aromatic heterocycles. The molecule has 2 aliphatic heterocycles. The van der Waals surface area contributed by atoms with E-state index in [4.69, 9.17) is 4.74 Å². The number of amides is 1. The van der Waals surface area contributed by atoms with Crippen LogP contribution in [0.15, 0.2) is 95.6 Å². The van der Waals surface area contributed by atoms with Crippen LogP contribution in [0.5, 0.6) is 5.88 Å². The van der Waals surface area contributed by atoms with Crippen LogP contribution in [-0.2, 0) is 4.79 Å². The Hall–Kier alpha value is -5.38. The second-order valence-corrected chi connectivity index (χ2v) is 8.68. The van der Waals surface area contributed by atoms with Crippen LogP contribution in [0.4, 0.5) is 11.4 Å². The smallest absolute Gasteiger partial charge is 0.281 e. The normalized spacial score (nSPS) is 14.4. The molecule has 4 aromatic rings. The lowest BCUT2D eigenvalue weighted by Gasteiger charge is -2.14. The molecule has 0 spiro atoms. The van der Waals surface area contributed by atoms with Crippen LogP contribution < -0.4 is 9.75 Å². The number of nitro groups is 1. The van der Waals surface area contributed by atoms with Crippen molar-refractivity contribution in [1.82, 2.24) is 9.78 Å². The van der Waals surface area contributed by atoms with Crippen molar-refractivity contribution in [3.63, 3.8) is 0 Å². The molecule has 38 heavy (non-hydrogen) atoms. The van der Waals surface area contributed by atoms with Crippen molar-refractivity contribution in [3.8, 4) is 11.6 Å². The third-order valence-electron chi connectivity index (χ3n) is 6.35. The van der Waals surface area contributed by atoms with E-state index >= 15 is 0 Å². The SMILES string of the molecule is Cc1nn(-c2ccccc2)c2c1C(C(=O)c1ccc([N+](=O)[O-])cc1)=C1C(=O)N(c3ccccc3)N=C1CO2. The molecular formula is C28H19N5O5. The summed E-state index contributed by atoms with van der Waals surface area (Å²) in [6, 6.07) is 23.5. The van der Waals surface area contributed by atoms with Gasteiger partial charge in [0.1, 0.15) is 12.3 Å². The number of hydrogen-bond donors (Lipinski definition) is 0. The summed E-state index contributed by atoms with van der Waals surface area (Å²) in [4.78, 5) is 38.5. The fourth-order valence-electron chi connectivity index (χ4n) is 4.58. The van der Waals surface area contributed by atoms with Crippen LogP contribution in [0.1, 0.15) is 21.6 Å². The molecule has 0 atom stereocenters. The standard InChI is InChI=1S/C28H19N5O5/c1-17-23-25(26(34)18-12-14-21(15-13-18)33(36)37)24-22(30-31(27(24)35)19-8-4-2-5-9-19)16-38-28(23)32(29-17)20-10-6-3-7-11-20/h2-15H,16H2,1H3. The molecule has 6 rings (SSSR count). The highest BCUT2D eigenvalue weighted by atomic mass is 16.6. The first-order valence-electron chi connectivity index (χ1n) is 11.7. The Bertz CT molecular complexity index is 1670. The summed E-state index contributed by atoms with van der Waals surface area (Å²) in [5.74, 6) is -0.657. The van der Waals surface area contributed by atoms with E-state index in [-0.39, 0.29) is 29.0 Å². The minimum atomic E-state index is -0.537. The Morgan fingerprint density at radius 1 is 0.947 bits per heavy atom. The Labute approximate surface area is 216 Å². The van der Waals surface area contributed by atoms with Gasteiger partial charge in [0.05, 0.1) is 38.7 Å². The summed E-state index contributed by atoms with van der Waals surface area (Å²) in [6.45, 7) is 1.67. The summed E-state index contributed by atoms with van der Waals surface area (Å²) in [5, 5.41) is 21.6. The van der Waals surface area contributed by atoms with Gasteiger partial charge in [-0.2, -0.15) is 15.2 Å². The number of para-hydroxylation sites is 2. The van der Waals surface area contributed by atoms with Crippen molar-refractivity contribution in [3.05, 3.63) is 117 Å². The van der Waals surface area contributed by atoms with Gasteiger partial charge in [0, 0.05) is 17.7 Å². The average molecular weight is 505 g/mol. The number of anilines is 1. The Balaban J connectivity index is 1.57. The van der Waals surface area contributed by atoms with E-state index in [2.05, 4.69) is 10.2 Å². The summed E-state index contributed by atoms with van der Waals surface area (Å²) in [7, 11) is 0. The fourth-order valence-corrected chi connectivity index (χ4v) is 4.58. The van der Waals surface area contributed by atoms with Gasteiger partial charge in [0.15, 0.2) is 5.78 Å². The number of hydrogen-bond acceptors (Lipinski definition) is 7. The van der Waals surface area contributed by atoms with Gasteiger partial charge < -0.3 is 4.74 Å². The topological polar surface area (TPSA) is 120 Å². The molecule has 10 heteroatoms. The molecule has 10 nitrogen and oxygen atoms in total. The van der Waals surface area contributed by atoms with Crippen LogP contribution in [0.3, 0.4) is 0 Å². The van der Waals surface area contributed by atoms with Crippen molar-refractivity contribution in [1.29, 1.82) is 0 Å². The Morgan fingerprint density at radius 3 is 2.21 bits per heavy atom. The van der Waals surface area contributed by atoms with Crippen LogP contribution in [0, 0.1) is 17.0 Å². The van der Waals surface area contributed by atoms with E-state index in [9.17, 15) is 19.7 Å². The molecule has 3 aromatic carbocycles. The Morgan fingerprint density at radius 2 is 1.58 bits per heavy atom. The lowest BCUT2D eigenvalue weighted by molar-refractivity contribution is -0.384. The zero-order chi connectivity index (χ0) is 26.4. The lowest BCUT2D eigenvalue weighted by Crippen LogP contribution is -2.23. The van der Waals surface area contributed by atoms with Gasteiger partial charge in [-0.25, -0.2) is 4.68 Å². The van der Waals surface area contributed by atoms with Gasteiger partial charge in [-0.15, -0.1) is 0 Å². The summed E-state index contributed by atoms with van der Waals surface area (Å²) >= 11 is 0. The monoisotopic (exact) mass is 505 g/mol. The highest BCUT2D eigenvalue weighted by Gasteiger charge is 2.41. The van der Waals surface area contributed by atoms with E-state index < -0.39 is 16.6 Å². The summed E-state index contributed by atoms with van der Waals surface area (Å²) in [6.07, 6.45) is 0. The van der Waals surface area contributed by atoms with Crippen LogP contribution in [-0.4, -0.2) is 38.7 Å². The van der Waals surface area contributed by atoms with E-state index in [1.54, 1.807) is 35.9 Å². The molecule has 1 amide bonds. The number of benzene rings is 3. The quantitative estimate of drug-likeness (QED) is 0.223. The number of rotatable bonds is 5. The first-order valence-corrected chi connectivity index (χ1v) is 11.7. The number of fused-ring (bicyclic) bond motifs is 2. The maximum absolute atomic E-state index is 14.1. The van der Waals surface area contributed by atoms with Crippen molar-refractivity contribution in [2.45, 2.75) is 6.92 Å². The van der Waals surface area contributed by atoms with Gasteiger partial charge >= 0.3 is 0 Å². The highest BCUT2D eigenvalue weighted by molar-refractivity contribution is 6.45. The van der Waals surface area contributed by atoms with Crippen LogP contribution >= 0.6 is 0 Å². The number of aromatic nitrogens is 2. The molecular weight excluding hydrogens is 486 g/mol. The fraction of sp³-hybridized carbons (Fsp3) is 0.0714. The summed E-state index contributed by atoms with van der Waals surface area (Å²) < 4.78 is 7.77. The van der Waals surface area contributed by atoms with Crippen molar-refractivity contribution in [2.75, 3.05) is 11.6 Å². The second-order valence-electron chi connectivity index (χ2n) is 8.68. The number of allylic oxidation sites excluding steroid dienone is 1. The van der Waals surface area contributed by atoms with E-state index in [1.807, 2.05) is 36.4 Å². The molecule has 0 radical (unpaired) electrons. The Kier molecular flexibility index (Phi) is 5.42. The lowest BCUT2D eigenvalue weighted by atomic mass is 9.90. The van der Waals surface area contributed by atoms with Crippen LogP contribution in [0.2, 0.25) is 0 Å². The number of non-ortho nitro benzene ring substituents is 1. The first-order chi connectivity index (χ1) is 18.4. The first kappa shape index (κ1) is 23.0. The molecule has 0 bridgehead atoms. The minimum Gasteiger partial charge on any atom is -0.471 e. The summed E-state index contributed by atoms with van der Waals surface area (Å²) in [5.41, 5.74) is 2.67.